The van der Waals surface area contributed by atoms with Gasteiger partial charge in [-0.3, -0.25) is 4.79 Å². The number of nitrogens with one attached hydrogen (secondary N) is 2. The molecule has 21 heavy (non-hydrogen) atoms. The minimum absolute atomic E-state index is 0.0165. The van der Waals surface area contributed by atoms with Gasteiger partial charge in [0.25, 0.3) is 0 Å². The maximum absolute atomic E-state index is 11.4. The van der Waals surface area contributed by atoms with E-state index in [2.05, 4.69) is 27.5 Å². The summed E-state index contributed by atoms with van der Waals surface area (Å²) >= 11 is 0. The highest BCUT2D eigenvalue weighted by Crippen LogP contribution is 2.40. The number of nitrogens with zero attached hydrogens (tertiary/aromatic N) is 2. The minimum Gasteiger partial charge on any atom is -0.376 e. The Balaban J connectivity index is 1.75. The van der Waals surface area contributed by atoms with Crippen LogP contribution in [0.2, 0.25) is 0 Å². The molecule has 6 heteroatoms. The second-order valence-corrected chi connectivity index (χ2v) is 5.83. The van der Waals surface area contributed by atoms with E-state index in [-0.39, 0.29) is 24.1 Å². The SMILES string of the molecule is CCCc1cncnc1N[C@H]1[C@H]2CCO[C@H]2[C@@H]1NC(C)=O. The number of ether oxygens (including phenoxy) is 1. The van der Waals surface area contributed by atoms with Gasteiger partial charge in [0, 0.05) is 31.2 Å². The number of hydrogen-bond acceptors (Lipinski definition) is 5. The van der Waals surface area contributed by atoms with Crippen LogP contribution in [0.15, 0.2) is 12.5 Å². The molecule has 1 saturated carbocycles. The Kier molecular flexibility index (Phi) is 4.05. The van der Waals surface area contributed by atoms with E-state index in [4.69, 9.17) is 4.74 Å². The Morgan fingerprint density at radius 3 is 3.10 bits per heavy atom. The monoisotopic (exact) mass is 290 g/mol. The number of aryl methyl sites for hydroxylation is 1. The number of carbonyl (C=O) groups is 1. The number of anilines is 1. The molecule has 114 valence electrons. The summed E-state index contributed by atoms with van der Waals surface area (Å²) < 4.78 is 5.72. The standard InChI is InChI=1S/C15H22N4O2/c1-3-4-10-7-16-8-17-15(10)19-12-11-5-6-21-14(11)13(12)18-9(2)20/h7-8,11-14H,3-6H2,1-2H3,(H,18,20)(H,16,17,19)/t11-,12+,13-,14-/m1/s1. The van der Waals surface area contributed by atoms with Crippen LogP contribution in [0.5, 0.6) is 0 Å². The van der Waals surface area contributed by atoms with Gasteiger partial charge in [0.1, 0.15) is 12.1 Å². The van der Waals surface area contributed by atoms with Gasteiger partial charge in [0.15, 0.2) is 0 Å². The lowest BCUT2D eigenvalue weighted by atomic mass is 9.71. The smallest absolute Gasteiger partial charge is 0.217 e. The molecule has 0 radical (unpaired) electrons. The summed E-state index contributed by atoms with van der Waals surface area (Å²) in [4.78, 5) is 19.9. The van der Waals surface area contributed by atoms with Crippen molar-refractivity contribution in [3.8, 4) is 0 Å². The summed E-state index contributed by atoms with van der Waals surface area (Å²) in [6, 6.07) is 0.214. The molecule has 1 aliphatic carbocycles. The average molecular weight is 290 g/mol. The van der Waals surface area contributed by atoms with Crippen LogP contribution in [-0.4, -0.2) is 40.7 Å². The summed E-state index contributed by atoms with van der Waals surface area (Å²) in [6.07, 6.45) is 6.61. The fourth-order valence-corrected chi connectivity index (χ4v) is 3.41. The van der Waals surface area contributed by atoms with E-state index < -0.39 is 0 Å². The van der Waals surface area contributed by atoms with Gasteiger partial charge in [-0.25, -0.2) is 9.97 Å². The van der Waals surface area contributed by atoms with Crippen molar-refractivity contribution in [2.75, 3.05) is 11.9 Å². The molecule has 2 heterocycles. The number of rotatable bonds is 5. The van der Waals surface area contributed by atoms with Crippen molar-refractivity contribution in [3.63, 3.8) is 0 Å². The number of hydrogen-bond donors (Lipinski definition) is 2. The van der Waals surface area contributed by atoms with E-state index in [1.54, 1.807) is 13.3 Å². The summed E-state index contributed by atoms with van der Waals surface area (Å²) in [5, 5.41) is 6.52. The van der Waals surface area contributed by atoms with Crippen LogP contribution in [0.25, 0.3) is 0 Å². The van der Waals surface area contributed by atoms with Gasteiger partial charge in [-0.05, 0) is 12.8 Å². The Labute approximate surface area is 124 Å². The third-order valence-corrected chi connectivity index (χ3v) is 4.37. The zero-order valence-corrected chi connectivity index (χ0v) is 12.5. The summed E-state index contributed by atoms with van der Waals surface area (Å²) in [5.41, 5.74) is 1.13. The van der Waals surface area contributed by atoms with E-state index in [0.717, 1.165) is 37.3 Å². The van der Waals surface area contributed by atoms with Crippen LogP contribution < -0.4 is 10.6 Å². The van der Waals surface area contributed by atoms with Gasteiger partial charge in [-0.2, -0.15) is 0 Å². The predicted octanol–water partition coefficient (Wildman–Crippen LogP) is 1.13. The highest BCUT2D eigenvalue weighted by Gasteiger charge is 2.54. The second-order valence-electron chi connectivity index (χ2n) is 5.83. The van der Waals surface area contributed by atoms with Crippen LogP contribution >= 0.6 is 0 Å². The van der Waals surface area contributed by atoms with Gasteiger partial charge in [-0.15, -0.1) is 0 Å². The molecule has 2 aliphatic rings. The highest BCUT2D eigenvalue weighted by atomic mass is 16.5. The first-order chi connectivity index (χ1) is 10.2. The summed E-state index contributed by atoms with van der Waals surface area (Å²) in [5.74, 6) is 1.32. The minimum atomic E-state index is -0.0165. The summed E-state index contributed by atoms with van der Waals surface area (Å²) in [7, 11) is 0. The molecule has 0 aromatic carbocycles. The molecule has 1 aromatic rings. The van der Waals surface area contributed by atoms with Crippen molar-refractivity contribution in [1.82, 2.24) is 15.3 Å². The molecule has 0 unspecified atom stereocenters. The van der Waals surface area contributed by atoms with Crippen LogP contribution in [0.4, 0.5) is 5.82 Å². The van der Waals surface area contributed by atoms with Crippen molar-refractivity contribution in [2.24, 2.45) is 5.92 Å². The van der Waals surface area contributed by atoms with Crippen molar-refractivity contribution < 1.29 is 9.53 Å². The van der Waals surface area contributed by atoms with Crippen LogP contribution in [0.3, 0.4) is 0 Å². The van der Waals surface area contributed by atoms with Crippen molar-refractivity contribution in [2.45, 2.75) is 51.3 Å². The average Bonchev–Trinajstić information content (AvgIpc) is 2.89. The molecule has 3 rings (SSSR count). The maximum atomic E-state index is 11.4. The molecular weight excluding hydrogens is 268 g/mol. The second kappa shape index (κ2) is 5.97. The molecule has 0 spiro atoms. The predicted molar refractivity (Wildman–Crippen MR) is 78.9 cm³/mol. The molecule has 0 bridgehead atoms. The Morgan fingerprint density at radius 2 is 2.33 bits per heavy atom. The lowest BCUT2D eigenvalue weighted by molar-refractivity contribution is -0.123. The molecule has 2 fully saturated rings. The first kappa shape index (κ1) is 14.3. The molecule has 2 N–H and O–H groups in total. The first-order valence-electron chi connectivity index (χ1n) is 7.64. The fourth-order valence-electron chi connectivity index (χ4n) is 3.41. The number of carbonyl (C=O) groups excluding carboxylic acids is 1. The van der Waals surface area contributed by atoms with Gasteiger partial charge < -0.3 is 15.4 Å². The third kappa shape index (κ3) is 2.72. The highest BCUT2D eigenvalue weighted by molar-refractivity contribution is 5.73. The summed E-state index contributed by atoms with van der Waals surface area (Å²) in [6.45, 7) is 4.46. The Hall–Kier alpha value is -1.69. The number of fused-ring (bicyclic) bond motifs is 1. The van der Waals surface area contributed by atoms with Crippen LogP contribution in [0.1, 0.15) is 32.3 Å². The molecule has 6 nitrogen and oxygen atoms in total. The first-order valence-corrected chi connectivity index (χ1v) is 7.64. The largest absolute Gasteiger partial charge is 0.376 e. The van der Waals surface area contributed by atoms with E-state index in [1.165, 1.54) is 0 Å². The molecule has 1 aliphatic heterocycles. The maximum Gasteiger partial charge on any atom is 0.217 e. The molecule has 1 amide bonds. The van der Waals surface area contributed by atoms with Crippen molar-refractivity contribution in [1.29, 1.82) is 0 Å². The number of aromatic nitrogens is 2. The molecule has 1 saturated heterocycles. The van der Waals surface area contributed by atoms with E-state index in [0.29, 0.717) is 5.92 Å². The Morgan fingerprint density at radius 1 is 1.48 bits per heavy atom. The van der Waals surface area contributed by atoms with E-state index >= 15 is 0 Å². The van der Waals surface area contributed by atoms with Gasteiger partial charge in [-0.1, -0.05) is 13.3 Å². The number of amides is 1. The van der Waals surface area contributed by atoms with Crippen LogP contribution in [-0.2, 0) is 16.0 Å². The van der Waals surface area contributed by atoms with Gasteiger partial charge >= 0.3 is 0 Å². The van der Waals surface area contributed by atoms with Crippen molar-refractivity contribution in [3.05, 3.63) is 18.1 Å². The topological polar surface area (TPSA) is 76.1 Å². The van der Waals surface area contributed by atoms with E-state index in [1.807, 2.05) is 6.20 Å². The molecule has 4 atom stereocenters. The van der Waals surface area contributed by atoms with Crippen molar-refractivity contribution >= 4 is 11.7 Å². The zero-order chi connectivity index (χ0) is 14.8. The van der Waals surface area contributed by atoms with Gasteiger partial charge in [0.05, 0.1) is 18.2 Å². The third-order valence-electron chi connectivity index (χ3n) is 4.37. The van der Waals surface area contributed by atoms with E-state index in [9.17, 15) is 4.79 Å². The normalized spacial score (nSPS) is 30.4. The van der Waals surface area contributed by atoms with Gasteiger partial charge in [0.2, 0.25) is 5.91 Å². The lowest BCUT2D eigenvalue weighted by Crippen LogP contribution is -2.68. The zero-order valence-electron chi connectivity index (χ0n) is 12.5. The Bertz CT molecular complexity index is 522. The fraction of sp³-hybridized carbons (Fsp3) is 0.667. The quantitative estimate of drug-likeness (QED) is 0.850. The molecular formula is C15H22N4O2. The molecule has 1 aromatic heterocycles. The van der Waals surface area contributed by atoms with Crippen LogP contribution in [0, 0.1) is 5.92 Å². The lowest BCUT2D eigenvalue weighted by Gasteiger charge is -2.48.